The van der Waals surface area contributed by atoms with Gasteiger partial charge in [0.15, 0.2) is 11.6 Å². The molecule has 0 heterocycles. The zero-order valence-corrected chi connectivity index (χ0v) is 9.50. The van der Waals surface area contributed by atoms with Crippen LogP contribution in [0.15, 0.2) is 12.1 Å². The van der Waals surface area contributed by atoms with Crippen molar-refractivity contribution >= 4 is 5.97 Å². The molecule has 17 heavy (non-hydrogen) atoms. The van der Waals surface area contributed by atoms with Gasteiger partial charge >= 0.3 is 5.97 Å². The summed E-state index contributed by atoms with van der Waals surface area (Å²) < 4.78 is 35.8. The van der Waals surface area contributed by atoms with Crippen molar-refractivity contribution in [3.05, 3.63) is 29.3 Å². The van der Waals surface area contributed by atoms with Crippen molar-refractivity contribution < 1.29 is 23.0 Å². The van der Waals surface area contributed by atoms with Crippen molar-refractivity contribution in [2.75, 3.05) is 14.2 Å². The molecule has 0 aromatic heterocycles. The number of hydrogen-bond acceptors (Lipinski definition) is 4. The van der Waals surface area contributed by atoms with E-state index >= 15 is 0 Å². The SMILES string of the molecule is COC(=O)[C@@H](N)Cc1cc(F)c(OC)cc1F. The van der Waals surface area contributed by atoms with Crippen LogP contribution in [-0.4, -0.2) is 26.2 Å². The lowest BCUT2D eigenvalue weighted by atomic mass is 10.1. The van der Waals surface area contributed by atoms with Gasteiger partial charge in [-0.3, -0.25) is 4.79 Å². The van der Waals surface area contributed by atoms with E-state index in [4.69, 9.17) is 5.73 Å². The molecule has 94 valence electrons. The number of carbonyl (C=O) groups excluding carboxylic acids is 1. The minimum atomic E-state index is -1.03. The van der Waals surface area contributed by atoms with Crippen LogP contribution in [-0.2, 0) is 16.0 Å². The number of esters is 1. The first-order valence-corrected chi connectivity index (χ1v) is 4.85. The number of nitrogens with two attached hydrogens (primary N) is 1. The molecule has 4 nitrogen and oxygen atoms in total. The van der Waals surface area contributed by atoms with E-state index in [1.165, 1.54) is 14.2 Å². The Kier molecular flexibility index (Phi) is 4.39. The Bertz CT molecular complexity index is 423. The van der Waals surface area contributed by atoms with E-state index < -0.39 is 23.6 Å². The van der Waals surface area contributed by atoms with Crippen molar-refractivity contribution in [1.82, 2.24) is 0 Å². The Morgan fingerprint density at radius 1 is 1.35 bits per heavy atom. The maximum Gasteiger partial charge on any atom is 0.322 e. The molecule has 0 unspecified atom stereocenters. The lowest BCUT2D eigenvalue weighted by Crippen LogP contribution is -2.33. The topological polar surface area (TPSA) is 61.5 Å². The predicted molar refractivity (Wildman–Crippen MR) is 56.6 cm³/mol. The van der Waals surface area contributed by atoms with Gasteiger partial charge in [-0.15, -0.1) is 0 Å². The Labute approximate surface area is 97.3 Å². The van der Waals surface area contributed by atoms with Gasteiger partial charge in [-0.1, -0.05) is 0 Å². The van der Waals surface area contributed by atoms with E-state index in [1.54, 1.807) is 0 Å². The highest BCUT2D eigenvalue weighted by molar-refractivity contribution is 5.75. The van der Waals surface area contributed by atoms with Gasteiger partial charge in [-0.2, -0.15) is 0 Å². The molecule has 0 aliphatic heterocycles. The van der Waals surface area contributed by atoms with Crippen molar-refractivity contribution in [2.24, 2.45) is 5.73 Å². The fourth-order valence-corrected chi connectivity index (χ4v) is 1.35. The van der Waals surface area contributed by atoms with Crippen molar-refractivity contribution in [1.29, 1.82) is 0 Å². The summed E-state index contributed by atoms with van der Waals surface area (Å²) in [4.78, 5) is 11.0. The molecule has 1 rings (SSSR count). The molecular weight excluding hydrogens is 232 g/mol. The van der Waals surface area contributed by atoms with Gasteiger partial charge in [0, 0.05) is 12.5 Å². The third-order valence-corrected chi connectivity index (χ3v) is 2.26. The van der Waals surface area contributed by atoms with Crippen molar-refractivity contribution in [3.8, 4) is 5.75 Å². The van der Waals surface area contributed by atoms with Crippen LogP contribution >= 0.6 is 0 Å². The minimum Gasteiger partial charge on any atom is -0.494 e. The van der Waals surface area contributed by atoms with Crippen molar-refractivity contribution in [3.63, 3.8) is 0 Å². The molecule has 0 bridgehead atoms. The summed E-state index contributed by atoms with van der Waals surface area (Å²) in [5, 5.41) is 0. The van der Waals surface area contributed by atoms with Crippen LogP contribution in [0.3, 0.4) is 0 Å². The van der Waals surface area contributed by atoms with Gasteiger partial charge in [0.05, 0.1) is 14.2 Å². The molecule has 1 atom stereocenters. The van der Waals surface area contributed by atoms with Crippen LogP contribution in [0.5, 0.6) is 5.75 Å². The van der Waals surface area contributed by atoms with E-state index in [0.717, 1.165) is 12.1 Å². The van der Waals surface area contributed by atoms with E-state index in [9.17, 15) is 13.6 Å². The van der Waals surface area contributed by atoms with Crippen molar-refractivity contribution in [2.45, 2.75) is 12.5 Å². The average Bonchev–Trinajstić information content (AvgIpc) is 2.32. The highest BCUT2D eigenvalue weighted by atomic mass is 19.1. The summed E-state index contributed by atoms with van der Waals surface area (Å²) >= 11 is 0. The van der Waals surface area contributed by atoms with E-state index in [1.807, 2.05) is 0 Å². The number of carbonyl (C=O) groups is 1. The molecule has 0 aliphatic rings. The fraction of sp³-hybridized carbons (Fsp3) is 0.364. The summed E-state index contributed by atoms with van der Waals surface area (Å²) in [7, 11) is 2.41. The lowest BCUT2D eigenvalue weighted by Gasteiger charge is -2.11. The number of ether oxygens (including phenoxy) is 2. The molecule has 2 N–H and O–H groups in total. The number of hydrogen-bond donors (Lipinski definition) is 1. The summed E-state index contributed by atoms with van der Waals surface area (Å²) in [6.45, 7) is 0. The highest BCUT2D eigenvalue weighted by Gasteiger charge is 2.18. The van der Waals surface area contributed by atoms with Gasteiger partial charge in [0.25, 0.3) is 0 Å². The minimum absolute atomic E-state index is 0.00111. The molecule has 1 aromatic carbocycles. The van der Waals surface area contributed by atoms with Crippen LogP contribution in [0.25, 0.3) is 0 Å². The van der Waals surface area contributed by atoms with Gasteiger partial charge in [0.2, 0.25) is 0 Å². The van der Waals surface area contributed by atoms with E-state index in [2.05, 4.69) is 9.47 Å². The molecule has 0 fully saturated rings. The highest BCUT2D eigenvalue weighted by Crippen LogP contribution is 2.22. The average molecular weight is 245 g/mol. The largest absolute Gasteiger partial charge is 0.494 e. The third-order valence-electron chi connectivity index (χ3n) is 2.26. The molecule has 0 amide bonds. The first kappa shape index (κ1) is 13.4. The molecule has 6 heteroatoms. The maximum absolute atomic E-state index is 13.5. The smallest absolute Gasteiger partial charge is 0.322 e. The van der Waals surface area contributed by atoms with Crippen LogP contribution in [0.4, 0.5) is 8.78 Å². The summed E-state index contributed by atoms with van der Waals surface area (Å²) in [6.07, 6.45) is -0.139. The zero-order chi connectivity index (χ0) is 13.0. The van der Waals surface area contributed by atoms with Gasteiger partial charge in [0.1, 0.15) is 11.9 Å². The monoisotopic (exact) mass is 245 g/mol. The van der Waals surface area contributed by atoms with Gasteiger partial charge in [-0.05, 0) is 11.6 Å². The number of halogens is 2. The standard InChI is InChI=1S/C11H13F2NO3/c1-16-10-5-7(12)6(3-8(10)13)4-9(14)11(15)17-2/h3,5,9H,4,14H2,1-2H3/t9-/m0/s1. The van der Waals surface area contributed by atoms with Crippen LogP contribution in [0.1, 0.15) is 5.56 Å². The molecule has 0 saturated heterocycles. The number of methoxy groups -OCH3 is 2. The first-order chi connectivity index (χ1) is 7.99. The first-order valence-electron chi connectivity index (χ1n) is 4.85. The summed E-state index contributed by atoms with van der Waals surface area (Å²) in [5.74, 6) is -2.26. The quantitative estimate of drug-likeness (QED) is 0.804. The van der Waals surface area contributed by atoms with Crippen LogP contribution < -0.4 is 10.5 Å². The second-order valence-electron chi connectivity index (χ2n) is 3.41. The second-order valence-corrected chi connectivity index (χ2v) is 3.41. The molecular formula is C11H13F2NO3. The zero-order valence-electron chi connectivity index (χ0n) is 9.50. The normalized spacial score (nSPS) is 12.1. The number of benzene rings is 1. The Morgan fingerprint density at radius 2 is 2.00 bits per heavy atom. The molecule has 0 spiro atoms. The van der Waals surface area contributed by atoms with E-state index in [0.29, 0.717) is 0 Å². The Hall–Kier alpha value is -1.69. The Balaban J connectivity index is 2.92. The van der Waals surface area contributed by atoms with E-state index in [-0.39, 0.29) is 17.7 Å². The van der Waals surface area contributed by atoms with Gasteiger partial charge in [-0.25, -0.2) is 8.78 Å². The van der Waals surface area contributed by atoms with Crippen LogP contribution in [0.2, 0.25) is 0 Å². The lowest BCUT2D eigenvalue weighted by molar-refractivity contribution is -0.142. The van der Waals surface area contributed by atoms with Gasteiger partial charge < -0.3 is 15.2 Å². The Morgan fingerprint density at radius 3 is 2.53 bits per heavy atom. The molecule has 0 radical (unpaired) electrons. The molecule has 0 aliphatic carbocycles. The molecule has 1 aromatic rings. The summed E-state index contributed by atoms with van der Waals surface area (Å²) in [6, 6.07) is 0.841. The molecule has 0 saturated carbocycles. The van der Waals surface area contributed by atoms with Crippen LogP contribution in [0, 0.1) is 11.6 Å². The maximum atomic E-state index is 13.5. The second kappa shape index (κ2) is 5.58. The third kappa shape index (κ3) is 3.13. The summed E-state index contributed by atoms with van der Waals surface area (Å²) in [5.41, 5.74) is 5.46. The fourth-order valence-electron chi connectivity index (χ4n) is 1.35. The predicted octanol–water partition coefficient (Wildman–Crippen LogP) is 1.02. The number of rotatable bonds is 4.